The molecule has 0 bridgehead atoms. The topological polar surface area (TPSA) is 62.8 Å². The van der Waals surface area contributed by atoms with E-state index in [0.717, 1.165) is 30.2 Å². The van der Waals surface area contributed by atoms with E-state index < -0.39 is 0 Å². The van der Waals surface area contributed by atoms with Gasteiger partial charge in [0.1, 0.15) is 11.6 Å². The summed E-state index contributed by atoms with van der Waals surface area (Å²) in [7, 11) is 1.63. The summed E-state index contributed by atoms with van der Waals surface area (Å²) < 4.78 is 5.03. The number of anilines is 1. The minimum Gasteiger partial charge on any atom is -0.495 e. The van der Waals surface area contributed by atoms with Crippen molar-refractivity contribution in [3.05, 3.63) is 36.5 Å². The van der Waals surface area contributed by atoms with Crippen LogP contribution in [0, 0.1) is 0 Å². The molecular formula is C11H14N4O. The Morgan fingerprint density at radius 3 is 2.94 bits per heavy atom. The molecule has 2 aromatic heterocycles. The van der Waals surface area contributed by atoms with Crippen LogP contribution in [0.3, 0.4) is 0 Å². The largest absolute Gasteiger partial charge is 0.495 e. The maximum absolute atomic E-state index is 5.03. The third-order valence-corrected chi connectivity index (χ3v) is 2.23. The fraction of sp³-hybridized carbons (Fsp3) is 0.273. The molecule has 2 aromatic rings. The van der Waals surface area contributed by atoms with Crippen molar-refractivity contribution in [2.45, 2.75) is 6.42 Å². The molecule has 0 unspecified atom stereocenters. The van der Waals surface area contributed by atoms with Gasteiger partial charge in [0.25, 0.3) is 0 Å². The number of aromatic nitrogens is 3. The van der Waals surface area contributed by atoms with Crippen molar-refractivity contribution in [2.75, 3.05) is 19.0 Å². The van der Waals surface area contributed by atoms with Crippen molar-refractivity contribution in [3.63, 3.8) is 0 Å². The first-order valence-electron chi connectivity index (χ1n) is 5.09. The van der Waals surface area contributed by atoms with Crippen LogP contribution in [0.1, 0.15) is 5.69 Å². The number of nitrogens with zero attached hydrogens (tertiary/aromatic N) is 2. The Balaban J connectivity index is 1.81. The zero-order valence-electron chi connectivity index (χ0n) is 9.10. The standard InChI is InChI=1S/C11H14N4O/c1-16-10-2-3-11(14-7-10)13-5-4-9-6-12-8-15-9/h2-3,6-8H,4-5H2,1H3,(H,12,15)(H,13,14). The summed E-state index contributed by atoms with van der Waals surface area (Å²) >= 11 is 0. The smallest absolute Gasteiger partial charge is 0.137 e. The van der Waals surface area contributed by atoms with E-state index in [1.807, 2.05) is 18.3 Å². The van der Waals surface area contributed by atoms with Crippen molar-refractivity contribution in [2.24, 2.45) is 0 Å². The van der Waals surface area contributed by atoms with E-state index in [1.165, 1.54) is 0 Å². The van der Waals surface area contributed by atoms with Gasteiger partial charge in [-0.05, 0) is 12.1 Å². The van der Waals surface area contributed by atoms with Gasteiger partial charge in [-0.3, -0.25) is 0 Å². The summed E-state index contributed by atoms with van der Waals surface area (Å²) in [5.41, 5.74) is 1.11. The molecule has 0 aromatic carbocycles. The van der Waals surface area contributed by atoms with Crippen LogP contribution >= 0.6 is 0 Å². The van der Waals surface area contributed by atoms with Gasteiger partial charge in [0, 0.05) is 24.9 Å². The van der Waals surface area contributed by atoms with E-state index in [2.05, 4.69) is 20.3 Å². The lowest BCUT2D eigenvalue weighted by molar-refractivity contribution is 0.413. The predicted octanol–water partition coefficient (Wildman–Crippen LogP) is 1.47. The molecule has 2 heterocycles. The molecule has 16 heavy (non-hydrogen) atoms. The van der Waals surface area contributed by atoms with Gasteiger partial charge in [-0.15, -0.1) is 0 Å². The average Bonchev–Trinajstić information content (AvgIpc) is 2.83. The number of ether oxygens (including phenoxy) is 1. The molecule has 0 radical (unpaired) electrons. The van der Waals surface area contributed by atoms with Gasteiger partial charge < -0.3 is 15.0 Å². The number of methoxy groups -OCH3 is 1. The summed E-state index contributed by atoms with van der Waals surface area (Å²) in [6.45, 7) is 0.821. The highest BCUT2D eigenvalue weighted by atomic mass is 16.5. The van der Waals surface area contributed by atoms with Crippen molar-refractivity contribution >= 4 is 5.82 Å². The monoisotopic (exact) mass is 218 g/mol. The van der Waals surface area contributed by atoms with Gasteiger partial charge in [-0.1, -0.05) is 0 Å². The summed E-state index contributed by atoms with van der Waals surface area (Å²) in [6, 6.07) is 3.78. The van der Waals surface area contributed by atoms with Crippen molar-refractivity contribution in [1.29, 1.82) is 0 Å². The Kier molecular flexibility index (Phi) is 3.38. The molecule has 0 aliphatic rings. The van der Waals surface area contributed by atoms with E-state index in [4.69, 9.17) is 4.74 Å². The molecular weight excluding hydrogens is 204 g/mol. The van der Waals surface area contributed by atoms with E-state index in [-0.39, 0.29) is 0 Å². The fourth-order valence-electron chi connectivity index (χ4n) is 1.35. The molecule has 0 fully saturated rings. The van der Waals surface area contributed by atoms with Crippen molar-refractivity contribution in [1.82, 2.24) is 15.0 Å². The van der Waals surface area contributed by atoms with E-state index in [0.29, 0.717) is 0 Å². The molecule has 0 aliphatic carbocycles. The fourth-order valence-corrected chi connectivity index (χ4v) is 1.35. The van der Waals surface area contributed by atoms with E-state index in [1.54, 1.807) is 19.6 Å². The van der Waals surface area contributed by atoms with E-state index >= 15 is 0 Å². The second kappa shape index (κ2) is 5.16. The van der Waals surface area contributed by atoms with Crippen molar-refractivity contribution < 1.29 is 4.74 Å². The SMILES string of the molecule is COc1ccc(NCCc2cnc[nH]2)nc1. The Morgan fingerprint density at radius 1 is 1.38 bits per heavy atom. The molecule has 0 saturated carbocycles. The van der Waals surface area contributed by atoms with Crippen LogP contribution in [-0.4, -0.2) is 28.6 Å². The number of pyridine rings is 1. The number of imidazole rings is 1. The second-order valence-corrected chi connectivity index (χ2v) is 3.34. The van der Waals surface area contributed by atoms with Gasteiger partial charge in [0.2, 0.25) is 0 Å². The summed E-state index contributed by atoms with van der Waals surface area (Å²) in [5.74, 6) is 1.61. The first-order chi connectivity index (χ1) is 7.88. The molecule has 84 valence electrons. The first-order valence-corrected chi connectivity index (χ1v) is 5.09. The molecule has 2 N–H and O–H groups in total. The molecule has 5 heteroatoms. The Labute approximate surface area is 93.9 Å². The Hall–Kier alpha value is -2.04. The Morgan fingerprint density at radius 2 is 2.31 bits per heavy atom. The molecule has 0 atom stereocenters. The highest BCUT2D eigenvalue weighted by Gasteiger charge is 1.96. The van der Waals surface area contributed by atoms with Gasteiger partial charge in [-0.2, -0.15) is 0 Å². The van der Waals surface area contributed by atoms with Crippen molar-refractivity contribution in [3.8, 4) is 5.75 Å². The third kappa shape index (κ3) is 2.73. The zero-order chi connectivity index (χ0) is 11.2. The maximum atomic E-state index is 5.03. The van der Waals surface area contributed by atoms with Gasteiger partial charge in [0.15, 0.2) is 0 Å². The summed E-state index contributed by atoms with van der Waals surface area (Å²) in [6.07, 6.45) is 6.09. The molecule has 5 nitrogen and oxygen atoms in total. The molecule has 0 spiro atoms. The number of rotatable bonds is 5. The lowest BCUT2D eigenvalue weighted by atomic mass is 10.3. The number of aromatic amines is 1. The highest BCUT2D eigenvalue weighted by Crippen LogP contribution is 2.10. The third-order valence-electron chi connectivity index (χ3n) is 2.23. The number of hydrogen-bond acceptors (Lipinski definition) is 4. The molecule has 0 amide bonds. The molecule has 0 saturated heterocycles. The van der Waals surface area contributed by atoms with Gasteiger partial charge in [-0.25, -0.2) is 9.97 Å². The number of H-pyrrole nitrogens is 1. The van der Waals surface area contributed by atoms with Crippen LogP contribution in [0.2, 0.25) is 0 Å². The zero-order valence-corrected chi connectivity index (χ0v) is 9.10. The normalized spacial score (nSPS) is 10.1. The van der Waals surface area contributed by atoms with Crippen LogP contribution in [0.5, 0.6) is 5.75 Å². The van der Waals surface area contributed by atoms with Crippen LogP contribution < -0.4 is 10.1 Å². The highest BCUT2D eigenvalue weighted by molar-refractivity contribution is 5.37. The lowest BCUT2D eigenvalue weighted by Crippen LogP contribution is -2.06. The number of hydrogen-bond donors (Lipinski definition) is 2. The molecule has 2 rings (SSSR count). The number of nitrogens with one attached hydrogen (secondary N) is 2. The minimum atomic E-state index is 0.763. The summed E-state index contributed by atoms with van der Waals surface area (Å²) in [5, 5.41) is 3.22. The first kappa shape index (κ1) is 10.5. The van der Waals surface area contributed by atoms with Crippen LogP contribution in [0.15, 0.2) is 30.9 Å². The lowest BCUT2D eigenvalue weighted by Gasteiger charge is -2.05. The van der Waals surface area contributed by atoms with Crippen LogP contribution in [-0.2, 0) is 6.42 Å². The summed E-state index contributed by atoms with van der Waals surface area (Å²) in [4.78, 5) is 11.2. The molecule has 0 aliphatic heterocycles. The van der Waals surface area contributed by atoms with Gasteiger partial charge in [0.05, 0.1) is 19.6 Å². The second-order valence-electron chi connectivity index (χ2n) is 3.34. The minimum absolute atomic E-state index is 0.763. The Bertz CT molecular complexity index is 410. The maximum Gasteiger partial charge on any atom is 0.137 e. The van der Waals surface area contributed by atoms with Gasteiger partial charge >= 0.3 is 0 Å². The van der Waals surface area contributed by atoms with Crippen LogP contribution in [0.25, 0.3) is 0 Å². The van der Waals surface area contributed by atoms with E-state index in [9.17, 15) is 0 Å². The predicted molar refractivity (Wildman–Crippen MR) is 61.6 cm³/mol. The van der Waals surface area contributed by atoms with Crippen LogP contribution in [0.4, 0.5) is 5.82 Å². The average molecular weight is 218 g/mol. The quantitative estimate of drug-likeness (QED) is 0.797.